The van der Waals surface area contributed by atoms with E-state index in [1.54, 1.807) is 28.9 Å². The molecule has 0 unspecified atom stereocenters. The van der Waals surface area contributed by atoms with E-state index >= 15 is 0 Å². The number of hydrogen-bond donors (Lipinski definition) is 1. The molecule has 1 N–H and O–H groups in total. The van der Waals surface area contributed by atoms with E-state index in [2.05, 4.69) is 10.2 Å². The van der Waals surface area contributed by atoms with Crippen molar-refractivity contribution in [2.24, 2.45) is 0 Å². The molecule has 34 heavy (non-hydrogen) atoms. The highest BCUT2D eigenvalue weighted by atomic mass is 16.5. The molecule has 1 fully saturated rings. The average molecular weight is 467 g/mol. The van der Waals surface area contributed by atoms with Crippen molar-refractivity contribution in [3.63, 3.8) is 0 Å². The number of rotatable bonds is 7. The Morgan fingerprint density at radius 2 is 1.79 bits per heavy atom. The van der Waals surface area contributed by atoms with Crippen molar-refractivity contribution >= 4 is 17.9 Å². The van der Waals surface area contributed by atoms with Gasteiger partial charge < -0.3 is 19.4 Å². The topological polar surface area (TPSA) is 95.3 Å². The van der Waals surface area contributed by atoms with Crippen molar-refractivity contribution in [3.8, 4) is 0 Å². The summed E-state index contributed by atoms with van der Waals surface area (Å²) in [5.41, 5.74) is 1.91. The Morgan fingerprint density at radius 1 is 1.06 bits per heavy atom. The maximum Gasteiger partial charge on any atom is 0.338 e. The van der Waals surface area contributed by atoms with Gasteiger partial charge in [-0.25, -0.2) is 9.59 Å². The summed E-state index contributed by atoms with van der Waals surface area (Å²) >= 11 is 0. The molecule has 2 aliphatic heterocycles. The standard InChI is InChI=1S/C25H30N4O5/c1-3-29-19(17-27-12-14-28(15-13-27)23(30)20-11-8-16-34-20)21(24(31)33-4-2)22(26-25(29)32)18-9-6-5-7-10-18/h5-11,16,22H,3-4,12-15,17H2,1-2H3,(H,26,32)/t22-/m0/s1. The molecule has 3 amide bonds. The second-order valence-electron chi connectivity index (χ2n) is 8.16. The van der Waals surface area contributed by atoms with Crippen molar-refractivity contribution in [2.75, 3.05) is 45.9 Å². The minimum Gasteiger partial charge on any atom is -0.463 e. The Morgan fingerprint density at radius 3 is 2.41 bits per heavy atom. The Hall–Kier alpha value is -3.59. The number of benzene rings is 1. The fourth-order valence-electron chi connectivity index (χ4n) is 4.43. The number of carbonyl (C=O) groups excluding carboxylic acids is 3. The van der Waals surface area contributed by atoms with E-state index in [0.29, 0.717) is 56.3 Å². The van der Waals surface area contributed by atoms with E-state index < -0.39 is 12.0 Å². The van der Waals surface area contributed by atoms with Crippen LogP contribution in [0.2, 0.25) is 0 Å². The SMILES string of the molecule is CCOC(=O)C1=C(CN2CCN(C(=O)c3ccco3)CC2)N(CC)C(=O)N[C@H]1c1ccccc1. The second-order valence-corrected chi connectivity index (χ2v) is 8.16. The van der Waals surface area contributed by atoms with Crippen LogP contribution in [0.4, 0.5) is 4.79 Å². The molecule has 0 bridgehead atoms. The van der Waals surface area contributed by atoms with Crippen LogP contribution in [0, 0.1) is 0 Å². The Bertz CT molecular complexity index is 1040. The van der Waals surface area contributed by atoms with Crippen molar-refractivity contribution in [1.82, 2.24) is 20.0 Å². The molecule has 180 valence electrons. The largest absolute Gasteiger partial charge is 0.463 e. The zero-order valence-corrected chi connectivity index (χ0v) is 19.5. The first-order valence-corrected chi connectivity index (χ1v) is 11.6. The van der Waals surface area contributed by atoms with E-state index in [-0.39, 0.29) is 18.5 Å². The molecule has 2 aliphatic rings. The number of furan rings is 1. The van der Waals surface area contributed by atoms with Crippen LogP contribution < -0.4 is 5.32 Å². The molecule has 0 spiro atoms. The van der Waals surface area contributed by atoms with Crippen LogP contribution in [-0.2, 0) is 9.53 Å². The summed E-state index contributed by atoms with van der Waals surface area (Å²) in [6.45, 7) is 7.00. The highest BCUT2D eigenvalue weighted by Crippen LogP contribution is 2.32. The van der Waals surface area contributed by atoms with Gasteiger partial charge in [0.15, 0.2) is 5.76 Å². The van der Waals surface area contributed by atoms with Crippen LogP contribution >= 0.6 is 0 Å². The first kappa shape index (κ1) is 23.6. The maximum absolute atomic E-state index is 13.1. The Kier molecular flexibility index (Phi) is 7.32. The molecule has 2 aromatic rings. The third-order valence-electron chi connectivity index (χ3n) is 6.15. The van der Waals surface area contributed by atoms with Crippen LogP contribution in [-0.4, -0.2) is 78.5 Å². The number of nitrogens with one attached hydrogen (secondary N) is 1. The first-order valence-electron chi connectivity index (χ1n) is 11.6. The summed E-state index contributed by atoms with van der Waals surface area (Å²) in [5, 5.41) is 2.97. The molecule has 0 aliphatic carbocycles. The summed E-state index contributed by atoms with van der Waals surface area (Å²) in [5.74, 6) is -0.239. The summed E-state index contributed by atoms with van der Waals surface area (Å²) < 4.78 is 10.7. The summed E-state index contributed by atoms with van der Waals surface area (Å²) in [7, 11) is 0. The van der Waals surface area contributed by atoms with Crippen molar-refractivity contribution < 1.29 is 23.5 Å². The third-order valence-corrected chi connectivity index (χ3v) is 6.15. The number of piperazine rings is 1. The lowest BCUT2D eigenvalue weighted by Gasteiger charge is -2.40. The van der Waals surface area contributed by atoms with Gasteiger partial charge in [-0.2, -0.15) is 0 Å². The van der Waals surface area contributed by atoms with E-state index in [1.165, 1.54) is 6.26 Å². The fourth-order valence-corrected chi connectivity index (χ4v) is 4.43. The third kappa shape index (κ3) is 4.84. The molecule has 1 saturated heterocycles. The zero-order valence-electron chi connectivity index (χ0n) is 19.5. The number of urea groups is 1. The molecular weight excluding hydrogens is 436 g/mol. The van der Waals surface area contributed by atoms with Crippen molar-refractivity contribution in [2.45, 2.75) is 19.9 Å². The molecule has 1 aromatic carbocycles. The summed E-state index contributed by atoms with van der Waals surface area (Å²) in [6, 6.07) is 12.0. The normalized spacial score (nSPS) is 19.2. The molecule has 1 atom stereocenters. The van der Waals surface area contributed by atoms with Crippen molar-refractivity contribution in [3.05, 3.63) is 71.3 Å². The van der Waals surface area contributed by atoms with Gasteiger partial charge in [-0.1, -0.05) is 30.3 Å². The number of ether oxygens (including phenoxy) is 1. The van der Waals surface area contributed by atoms with Gasteiger partial charge in [0.25, 0.3) is 5.91 Å². The molecule has 4 rings (SSSR count). The molecule has 0 radical (unpaired) electrons. The number of carbonyl (C=O) groups is 3. The highest BCUT2D eigenvalue weighted by molar-refractivity contribution is 5.95. The maximum atomic E-state index is 13.1. The highest BCUT2D eigenvalue weighted by Gasteiger charge is 2.38. The number of nitrogens with zero attached hydrogens (tertiary/aromatic N) is 3. The molecule has 0 saturated carbocycles. The molecule has 9 heteroatoms. The van der Waals surface area contributed by atoms with Gasteiger partial charge in [-0.15, -0.1) is 0 Å². The van der Waals surface area contributed by atoms with Gasteiger partial charge in [0.05, 0.1) is 24.5 Å². The predicted octanol–water partition coefficient (Wildman–Crippen LogP) is 2.64. The lowest BCUT2D eigenvalue weighted by molar-refractivity contribution is -0.139. The van der Waals surface area contributed by atoms with Crippen LogP contribution in [0.25, 0.3) is 0 Å². The molecule has 9 nitrogen and oxygen atoms in total. The van der Waals surface area contributed by atoms with Crippen LogP contribution in [0.3, 0.4) is 0 Å². The minimum atomic E-state index is -0.590. The Labute approximate surface area is 198 Å². The number of likely N-dealkylation sites (N-methyl/N-ethyl adjacent to an activating group) is 1. The first-order chi connectivity index (χ1) is 16.5. The van der Waals surface area contributed by atoms with Crippen LogP contribution in [0.1, 0.15) is 36.0 Å². The van der Waals surface area contributed by atoms with Gasteiger partial charge in [-0.3, -0.25) is 14.6 Å². The summed E-state index contributed by atoms with van der Waals surface area (Å²) in [4.78, 5) is 44.3. The van der Waals surface area contributed by atoms with Gasteiger partial charge in [-0.05, 0) is 31.5 Å². The molecule has 3 heterocycles. The number of hydrogen-bond acceptors (Lipinski definition) is 6. The number of amides is 3. The predicted molar refractivity (Wildman–Crippen MR) is 125 cm³/mol. The van der Waals surface area contributed by atoms with Gasteiger partial charge in [0.2, 0.25) is 0 Å². The quantitative estimate of drug-likeness (QED) is 0.631. The van der Waals surface area contributed by atoms with Gasteiger partial charge in [0.1, 0.15) is 0 Å². The van der Waals surface area contributed by atoms with Gasteiger partial charge in [0, 0.05) is 45.0 Å². The second kappa shape index (κ2) is 10.6. The van der Waals surface area contributed by atoms with E-state index in [9.17, 15) is 14.4 Å². The minimum absolute atomic E-state index is 0.132. The van der Waals surface area contributed by atoms with Crippen LogP contribution in [0.15, 0.2) is 64.4 Å². The zero-order chi connectivity index (χ0) is 24.1. The van der Waals surface area contributed by atoms with Crippen LogP contribution in [0.5, 0.6) is 0 Å². The van der Waals surface area contributed by atoms with Gasteiger partial charge >= 0.3 is 12.0 Å². The summed E-state index contributed by atoms with van der Waals surface area (Å²) in [6.07, 6.45) is 1.49. The Balaban J connectivity index is 1.59. The molecular formula is C25H30N4O5. The lowest BCUT2D eigenvalue weighted by Crippen LogP contribution is -2.53. The van der Waals surface area contributed by atoms with E-state index in [4.69, 9.17) is 9.15 Å². The van der Waals surface area contributed by atoms with E-state index in [0.717, 1.165) is 5.56 Å². The van der Waals surface area contributed by atoms with Crippen molar-refractivity contribution in [1.29, 1.82) is 0 Å². The average Bonchev–Trinajstić information content (AvgIpc) is 3.40. The smallest absolute Gasteiger partial charge is 0.338 e. The fraction of sp³-hybridized carbons (Fsp3) is 0.400. The lowest BCUT2D eigenvalue weighted by atomic mass is 9.94. The monoisotopic (exact) mass is 466 g/mol. The number of esters is 1. The molecule has 1 aromatic heterocycles. The van der Waals surface area contributed by atoms with E-state index in [1.807, 2.05) is 37.3 Å².